The highest BCUT2D eigenvalue weighted by Gasteiger charge is 2.03. The van der Waals surface area contributed by atoms with Gasteiger partial charge in [-0.2, -0.15) is 0 Å². The molecule has 0 atom stereocenters. The van der Waals surface area contributed by atoms with Gasteiger partial charge in [0.05, 0.1) is 0 Å². The van der Waals surface area contributed by atoms with Crippen LogP contribution in [0.3, 0.4) is 0 Å². The van der Waals surface area contributed by atoms with E-state index in [1.807, 2.05) is 24.3 Å². The van der Waals surface area contributed by atoms with Gasteiger partial charge in [0.15, 0.2) is 0 Å². The van der Waals surface area contributed by atoms with Crippen LogP contribution >= 0.6 is 0 Å². The molecule has 2 N–H and O–H groups in total. The van der Waals surface area contributed by atoms with Crippen molar-refractivity contribution in [2.75, 3.05) is 0 Å². The minimum atomic E-state index is -1.03. The van der Waals surface area contributed by atoms with Gasteiger partial charge in [-0.3, -0.25) is 0 Å². The van der Waals surface area contributed by atoms with E-state index in [2.05, 4.69) is 0 Å². The Morgan fingerprint density at radius 3 is 2.62 bits per heavy atom. The van der Waals surface area contributed by atoms with Gasteiger partial charge < -0.3 is 10.2 Å². The molecule has 2 rings (SSSR count). The molecule has 0 saturated carbocycles. The summed E-state index contributed by atoms with van der Waals surface area (Å²) in [6.45, 7) is 0. The van der Waals surface area contributed by atoms with Crippen molar-refractivity contribution >= 4 is 22.8 Å². The Labute approximate surface area is 92.3 Å². The molecule has 0 saturated heterocycles. The largest absolute Gasteiger partial charge is 0.507 e. The van der Waals surface area contributed by atoms with Gasteiger partial charge in [0, 0.05) is 11.6 Å². The van der Waals surface area contributed by atoms with Gasteiger partial charge in [0.25, 0.3) is 0 Å². The lowest BCUT2D eigenvalue weighted by atomic mass is 10.0. The first-order chi connectivity index (χ1) is 7.68. The number of phenols is 1. The third-order valence-corrected chi connectivity index (χ3v) is 2.34. The summed E-state index contributed by atoms with van der Waals surface area (Å²) in [5.74, 6) is -0.955. The van der Waals surface area contributed by atoms with E-state index in [9.17, 15) is 9.90 Å². The van der Waals surface area contributed by atoms with Gasteiger partial charge in [-0.15, -0.1) is 0 Å². The van der Waals surface area contributed by atoms with Gasteiger partial charge >= 0.3 is 5.97 Å². The van der Waals surface area contributed by atoms with Crippen LogP contribution in [0, 0.1) is 0 Å². The number of fused-ring (bicyclic) bond motifs is 1. The third kappa shape index (κ3) is 1.88. The number of phenolic OH excluding ortho intramolecular Hbond substituents is 1. The van der Waals surface area contributed by atoms with E-state index in [0.29, 0.717) is 5.56 Å². The maximum absolute atomic E-state index is 10.5. The summed E-state index contributed by atoms with van der Waals surface area (Å²) in [7, 11) is 0. The zero-order valence-electron chi connectivity index (χ0n) is 8.42. The van der Waals surface area contributed by atoms with Crippen molar-refractivity contribution in [1.29, 1.82) is 0 Å². The van der Waals surface area contributed by atoms with Gasteiger partial charge in [0.2, 0.25) is 0 Å². The normalized spacial score (nSPS) is 11.0. The zero-order chi connectivity index (χ0) is 11.5. The monoisotopic (exact) mass is 214 g/mol. The lowest BCUT2D eigenvalue weighted by Gasteiger charge is -2.04. The highest BCUT2D eigenvalue weighted by atomic mass is 16.4. The molecule has 3 nitrogen and oxygen atoms in total. The first-order valence-electron chi connectivity index (χ1n) is 4.80. The van der Waals surface area contributed by atoms with Crippen molar-refractivity contribution in [3.05, 3.63) is 48.0 Å². The Bertz CT molecular complexity index is 570. The predicted octanol–water partition coefficient (Wildman–Crippen LogP) is 2.64. The predicted molar refractivity (Wildman–Crippen MR) is 62.3 cm³/mol. The first kappa shape index (κ1) is 10.2. The fourth-order valence-electron chi connectivity index (χ4n) is 1.61. The van der Waals surface area contributed by atoms with E-state index >= 15 is 0 Å². The number of aliphatic carboxylic acids is 1. The summed E-state index contributed by atoms with van der Waals surface area (Å²) in [5, 5.41) is 20.0. The van der Waals surface area contributed by atoms with E-state index in [1.165, 1.54) is 6.08 Å². The lowest BCUT2D eigenvalue weighted by Crippen LogP contribution is -1.86. The van der Waals surface area contributed by atoms with Crippen LogP contribution in [-0.2, 0) is 4.79 Å². The van der Waals surface area contributed by atoms with Crippen molar-refractivity contribution in [1.82, 2.24) is 0 Å². The second kappa shape index (κ2) is 4.06. The molecule has 0 unspecified atom stereocenters. The molecule has 80 valence electrons. The molecular formula is C13H10O3. The van der Waals surface area contributed by atoms with Crippen molar-refractivity contribution in [3.63, 3.8) is 0 Å². The number of hydrogen-bond donors (Lipinski definition) is 2. The van der Waals surface area contributed by atoms with Crippen LogP contribution in [0.2, 0.25) is 0 Å². The topological polar surface area (TPSA) is 57.5 Å². The second-order valence-corrected chi connectivity index (χ2v) is 3.39. The molecule has 0 aliphatic rings. The number of carboxylic acids is 1. The highest BCUT2D eigenvalue weighted by Crippen LogP contribution is 2.28. The summed E-state index contributed by atoms with van der Waals surface area (Å²) in [5.41, 5.74) is 0.528. The Morgan fingerprint density at radius 1 is 1.12 bits per heavy atom. The van der Waals surface area contributed by atoms with Crippen molar-refractivity contribution < 1.29 is 15.0 Å². The molecule has 0 amide bonds. The van der Waals surface area contributed by atoms with Crippen LogP contribution in [0.25, 0.3) is 16.8 Å². The average molecular weight is 214 g/mol. The van der Waals surface area contributed by atoms with Crippen molar-refractivity contribution in [2.45, 2.75) is 0 Å². The Morgan fingerprint density at radius 2 is 1.88 bits per heavy atom. The minimum Gasteiger partial charge on any atom is -0.507 e. The van der Waals surface area contributed by atoms with E-state index in [4.69, 9.17) is 5.11 Å². The zero-order valence-corrected chi connectivity index (χ0v) is 8.42. The van der Waals surface area contributed by atoms with E-state index in [0.717, 1.165) is 16.8 Å². The number of rotatable bonds is 2. The number of carboxylic acid groups (broad SMARTS) is 1. The highest BCUT2D eigenvalue weighted by molar-refractivity contribution is 5.96. The molecule has 0 heterocycles. The minimum absolute atomic E-state index is 0.0798. The molecule has 0 aromatic heterocycles. The van der Waals surface area contributed by atoms with Crippen LogP contribution in [0.15, 0.2) is 42.5 Å². The summed E-state index contributed by atoms with van der Waals surface area (Å²) >= 11 is 0. The maximum atomic E-state index is 10.5. The fourth-order valence-corrected chi connectivity index (χ4v) is 1.61. The molecular weight excluding hydrogens is 204 g/mol. The van der Waals surface area contributed by atoms with Crippen LogP contribution in [0.4, 0.5) is 0 Å². The smallest absolute Gasteiger partial charge is 0.328 e. The molecule has 2 aromatic carbocycles. The van der Waals surface area contributed by atoms with Crippen LogP contribution < -0.4 is 0 Å². The Kier molecular flexibility index (Phi) is 2.60. The van der Waals surface area contributed by atoms with Gasteiger partial charge in [-0.05, 0) is 22.9 Å². The molecule has 2 aromatic rings. The van der Waals surface area contributed by atoms with Gasteiger partial charge in [0.1, 0.15) is 5.75 Å². The quantitative estimate of drug-likeness (QED) is 0.755. The lowest BCUT2D eigenvalue weighted by molar-refractivity contribution is -0.131. The Hall–Kier alpha value is -2.29. The fraction of sp³-hybridized carbons (Fsp3) is 0. The van der Waals surface area contributed by atoms with Gasteiger partial charge in [-0.1, -0.05) is 30.3 Å². The summed E-state index contributed by atoms with van der Waals surface area (Å²) < 4.78 is 0. The molecule has 0 spiro atoms. The van der Waals surface area contributed by atoms with E-state index in [-0.39, 0.29) is 5.75 Å². The molecule has 0 aliphatic heterocycles. The SMILES string of the molecule is O=C(O)/C=C/c1c(O)ccc2ccccc12. The standard InChI is InChI=1S/C13H10O3/c14-12-7-5-9-3-1-2-4-10(9)11(12)6-8-13(15)16/h1-8,14H,(H,15,16)/b8-6+. The molecule has 0 radical (unpaired) electrons. The van der Waals surface area contributed by atoms with Crippen LogP contribution in [0.1, 0.15) is 5.56 Å². The van der Waals surface area contributed by atoms with Crippen LogP contribution in [-0.4, -0.2) is 16.2 Å². The number of aromatic hydroxyl groups is 1. The van der Waals surface area contributed by atoms with Crippen molar-refractivity contribution in [2.24, 2.45) is 0 Å². The number of carbonyl (C=O) groups is 1. The van der Waals surface area contributed by atoms with E-state index < -0.39 is 5.97 Å². The van der Waals surface area contributed by atoms with Crippen LogP contribution in [0.5, 0.6) is 5.75 Å². The summed E-state index contributed by atoms with van der Waals surface area (Å²) in [6, 6.07) is 10.8. The van der Waals surface area contributed by atoms with E-state index in [1.54, 1.807) is 12.1 Å². The second-order valence-electron chi connectivity index (χ2n) is 3.39. The Balaban J connectivity index is 2.66. The summed E-state index contributed by atoms with van der Waals surface area (Å²) in [4.78, 5) is 10.5. The number of hydrogen-bond acceptors (Lipinski definition) is 2. The molecule has 0 bridgehead atoms. The van der Waals surface area contributed by atoms with Gasteiger partial charge in [-0.25, -0.2) is 4.79 Å². The first-order valence-corrected chi connectivity index (χ1v) is 4.80. The number of benzene rings is 2. The molecule has 0 fully saturated rings. The average Bonchev–Trinajstić information content (AvgIpc) is 2.27. The third-order valence-electron chi connectivity index (χ3n) is 2.34. The molecule has 16 heavy (non-hydrogen) atoms. The molecule has 0 aliphatic carbocycles. The maximum Gasteiger partial charge on any atom is 0.328 e. The van der Waals surface area contributed by atoms with Crippen molar-refractivity contribution in [3.8, 4) is 5.75 Å². The summed E-state index contributed by atoms with van der Waals surface area (Å²) in [6.07, 6.45) is 2.42. The molecule has 3 heteroatoms.